The van der Waals surface area contributed by atoms with Crippen LogP contribution in [0.2, 0.25) is 5.02 Å². The SMILES string of the molecule is CC(OC(=O)c1cccnc1)C(=O)Nc1ccc(Cl)c(C(=O)O)c1. The van der Waals surface area contributed by atoms with Crippen molar-refractivity contribution >= 4 is 35.1 Å². The normalized spacial score (nSPS) is 11.4. The third-order valence-corrected chi connectivity index (χ3v) is 3.34. The van der Waals surface area contributed by atoms with Crippen molar-refractivity contribution in [2.45, 2.75) is 13.0 Å². The van der Waals surface area contributed by atoms with Gasteiger partial charge in [-0.1, -0.05) is 11.6 Å². The summed E-state index contributed by atoms with van der Waals surface area (Å²) in [7, 11) is 0. The highest BCUT2D eigenvalue weighted by molar-refractivity contribution is 6.33. The Kier molecular flexibility index (Phi) is 5.49. The summed E-state index contributed by atoms with van der Waals surface area (Å²) in [5.41, 5.74) is 0.303. The summed E-state index contributed by atoms with van der Waals surface area (Å²) in [4.78, 5) is 38.7. The van der Waals surface area contributed by atoms with Gasteiger partial charge in [0.2, 0.25) is 0 Å². The first-order valence-corrected chi connectivity index (χ1v) is 7.21. The number of benzene rings is 1. The van der Waals surface area contributed by atoms with E-state index in [4.69, 9.17) is 21.4 Å². The molecular formula is C16H13ClN2O5. The lowest BCUT2D eigenvalue weighted by Gasteiger charge is -2.14. The van der Waals surface area contributed by atoms with E-state index in [1.54, 1.807) is 6.07 Å². The fourth-order valence-corrected chi connectivity index (χ4v) is 1.97. The van der Waals surface area contributed by atoms with Gasteiger partial charge < -0.3 is 15.2 Å². The second-order valence-electron chi connectivity index (χ2n) is 4.78. The minimum Gasteiger partial charge on any atom is -0.478 e. The van der Waals surface area contributed by atoms with Crippen LogP contribution in [0.4, 0.5) is 5.69 Å². The standard InChI is InChI=1S/C16H13ClN2O5/c1-9(24-16(23)10-3-2-6-18-8-10)14(20)19-11-4-5-13(17)12(7-11)15(21)22/h2-9H,1H3,(H,19,20)(H,21,22). The highest BCUT2D eigenvalue weighted by Crippen LogP contribution is 2.21. The number of halogens is 1. The van der Waals surface area contributed by atoms with Crippen molar-refractivity contribution in [1.82, 2.24) is 4.98 Å². The number of carboxylic acids is 1. The van der Waals surface area contributed by atoms with Gasteiger partial charge in [0.25, 0.3) is 5.91 Å². The zero-order chi connectivity index (χ0) is 17.7. The molecule has 2 N–H and O–H groups in total. The van der Waals surface area contributed by atoms with E-state index < -0.39 is 23.9 Å². The number of hydrogen-bond donors (Lipinski definition) is 2. The summed E-state index contributed by atoms with van der Waals surface area (Å²) in [5, 5.41) is 11.5. The van der Waals surface area contributed by atoms with Gasteiger partial charge in [0.15, 0.2) is 6.10 Å². The predicted molar refractivity (Wildman–Crippen MR) is 86.2 cm³/mol. The average molecular weight is 349 g/mol. The largest absolute Gasteiger partial charge is 0.478 e. The zero-order valence-corrected chi connectivity index (χ0v) is 13.3. The van der Waals surface area contributed by atoms with Crippen molar-refractivity contribution in [2.75, 3.05) is 5.32 Å². The molecule has 0 spiro atoms. The molecule has 2 rings (SSSR count). The number of rotatable bonds is 5. The predicted octanol–water partition coefficient (Wildman–Crippen LogP) is 2.62. The molecule has 1 amide bonds. The van der Waals surface area contributed by atoms with Crippen LogP contribution in [0.5, 0.6) is 0 Å². The zero-order valence-electron chi connectivity index (χ0n) is 12.5. The lowest BCUT2D eigenvalue weighted by Crippen LogP contribution is -2.30. The summed E-state index contributed by atoms with van der Waals surface area (Å²) in [6.07, 6.45) is 1.75. The smallest absolute Gasteiger partial charge is 0.340 e. The van der Waals surface area contributed by atoms with Gasteiger partial charge in [-0.15, -0.1) is 0 Å². The summed E-state index contributed by atoms with van der Waals surface area (Å²) in [6.45, 7) is 1.40. The maximum Gasteiger partial charge on any atom is 0.340 e. The number of carbonyl (C=O) groups is 3. The van der Waals surface area contributed by atoms with Crippen LogP contribution in [0.3, 0.4) is 0 Å². The average Bonchev–Trinajstić information content (AvgIpc) is 2.57. The van der Waals surface area contributed by atoms with Crippen LogP contribution in [-0.4, -0.2) is 34.0 Å². The molecule has 8 heteroatoms. The Morgan fingerprint density at radius 2 is 2.04 bits per heavy atom. The molecule has 0 saturated carbocycles. The van der Waals surface area contributed by atoms with Crippen molar-refractivity contribution in [2.24, 2.45) is 0 Å². The fourth-order valence-electron chi connectivity index (χ4n) is 1.78. The number of pyridine rings is 1. The van der Waals surface area contributed by atoms with E-state index in [0.29, 0.717) is 0 Å². The van der Waals surface area contributed by atoms with Crippen LogP contribution in [0, 0.1) is 0 Å². The molecule has 1 aromatic heterocycles. The number of anilines is 1. The van der Waals surface area contributed by atoms with Gasteiger partial charge in [0.1, 0.15) is 0 Å². The van der Waals surface area contributed by atoms with Gasteiger partial charge in [-0.2, -0.15) is 0 Å². The van der Waals surface area contributed by atoms with Crippen LogP contribution >= 0.6 is 11.6 Å². The van der Waals surface area contributed by atoms with Crippen molar-refractivity contribution in [3.63, 3.8) is 0 Å². The maximum absolute atomic E-state index is 12.1. The van der Waals surface area contributed by atoms with E-state index in [1.165, 1.54) is 43.6 Å². The minimum atomic E-state index is -1.22. The lowest BCUT2D eigenvalue weighted by molar-refractivity contribution is -0.123. The van der Waals surface area contributed by atoms with E-state index in [1.807, 2.05) is 0 Å². The Bertz CT molecular complexity index is 779. The highest BCUT2D eigenvalue weighted by Gasteiger charge is 2.20. The first-order valence-electron chi connectivity index (χ1n) is 6.83. The van der Waals surface area contributed by atoms with E-state index in [0.717, 1.165) is 0 Å². The van der Waals surface area contributed by atoms with Gasteiger partial charge in [-0.05, 0) is 37.3 Å². The van der Waals surface area contributed by atoms with Crippen LogP contribution in [0.1, 0.15) is 27.6 Å². The summed E-state index contributed by atoms with van der Waals surface area (Å²) < 4.78 is 5.04. The van der Waals surface area contributed by atoms with Crippen LogP contribution < -0.4 is 5.32 Å². The Labute approximate surface area is 142 Å². The number of aromatic carboxylic acids is 1. The number of carbonyl (C=O) groups excluding carboxylic acids is 2. The Morgan fingerprint density at radius 3 is 2.67 bits per heavy atom. The van der Waals surface area contributed by atoms with Crippen molar-refractivity contribution in [1.29, 1.82) is 0 Å². The molecule has 0 aliphatic heterocycles. The van der Waals surface area contributed by atoms with Crippen molar-refractivity contribution in [3.8, 4) is 0 Å². The molecule has 24 heavy (non-hydrogen) atoms. The van der Waals surface area contributed by atoms with Crippen LogP contribution in [0.25, 0.3) is 0 Å². The number of aromatic nitrogens is 1. The topological polar surface area (TPSA) is 106 Å². The molecule has 0 radical (unpaired) electrons. The highest BCUT2D eigenvalue weighted by atomic mass is 35.5. The third-order valence-electron chi connectivity index (χ3n) is 3.01. The van der Waals surface area contributed by atoms with E-state index in [-0.39, 0.29) is 21.8 Å². The Morgan fingerprint density at radius 1 is 1.29 bits per heavy atom. The number of ether oxygens (including phenoxy) is 1. The monoisotopic (exact) mass is 348 g/mol. The molecule has 0 fully saturated rings. The van der Waals surface area contributed by atoms with Gasteiger partial charge >= 0.3 is 11.9 Å². The lowest BCUT2D eigenvalue weighted by atomic mass is 10.2. The summed E-state index contributed by atoms with van der Waals surface area (Å²) in [6, 6.07) is 7.11. The molecule has 2 aromatic rings. The molecule has 1 unspecified atom stereocenters. The second-order valence-corrected chi connectivity index (χ2v) is 5.19. The third kappa shape index (κ3) is 4.30. The molecule has 1 heterocycles. The summed E-state index contributed by atoms with van der Waals surface area (Å²) in [5.74, 6) is -2.51. The first kappa shape index (κ1) is 17.4. The quantitative estimate of drug-likeness (QED) is 0.804. The molecule has 1 atom stereocenters. The Hall–Kier alpha value is -2.93. The maximum atomic E-state index is 12.1. The first-order chi connectivity index (χ1) is 11.4. The molecule has 7 nitrogen and oxygen atoms in total. The number of amides is 1. The van der Waals surface area contributed by atoms with Crippen molar-refractivity contribution < 1.29 is 24.2 Å². The van der Waals surface area contributed by atoms with E-state index in [9.17, 15) is 14.4 Å². The second kappa shape index (κ2) is 7.56. The van der Waals surface area contributed by atoms with Gasteiger partial charge in [-0.25, -0.2) is 9.59 Å². The van der Waals surface area contributed by atoms with Crippen LogP contribution in [0.15, 0.2) is 42.7 Å². The van der Waals surface area contributed by atoms with Crippen LogP contribution in [-0.2, 0) is 9.53 Å². The number of esters is 1. The molecule has 124 valence electrons. The van der Waals surface area contributed by atoms with Gasteiger partial charge in [-0.3, -0.25) is 9.78 Å². The molecule has 0 bridgehead atoms. The van der Waals surface area contributed by atoms with E-state index in [2.05, 4.69) is 10.3 Å². The number of nitrogens with one attached hydrogen (secondary N) is 1. The fraction of sp³-hybridized carbons (Fsp3) is 0.125. The van der Waals surface area contributed by atoms with E-state index >= 15 is 0 Å². The molecule has 0 saturated heterocycles. The molecule has 0 aliphatic carbocycles. The Balaban J connectivity index is 2.03. The number of nitrogens with zero attached hydrogens (tertiary/aromatic N) is 1. The van der Waals surface area contributed by atoms with Crippen molar-refractivity contribution in [3.05, 3.63) is 58.9 Å². The minimum absolute atomic E-state index is 0.0524. The van der Waals surface area contributed by atoms with Gasteiger partial charge in [0.05, 0.1) is 16.1 Å². The molecule has 1 aromatic carbocycles. The molecule has 0 aliphatic rings. The van der Waals surface area contributed by atoms with Gasteiger partial charge in [0, 0.05) is 18.1 Å². The summed E-state index contributed by atoms with van der Waals surface area (Å²) >= 11 is 5.76. The molecular weight excluding hydrogens is 336 g/mol. The number of hydrogen-bond acceptors (Lipinski definition) is 5. The number of carboxylic acid groups (broad SMARTS) is 1.